The first kappa shape index (κ1) is 14.4. The molecular formula is C17H18NOS2+. The van der Waals surface area contributed by atoms with E-state index in [1.54, 1.807) is 22.7 Å². The first-order valence-corrected chi connectivity index (χ1v) is 8.88. The molecule has 3 rings (SSSR count). The fourth-order valence-corrected chi connectivity index (χ4v) is 3.90. The van der Waals surface area contributed by atoms with Crippen molar-refractivity contribution in [2.24, 2.45) is 0 Å². The van der Waals surface area contributed by atoms with Crippen molar-refractivity contribution in [1.29, 1.82) is 0 Å². The summed E-state index contributed by atoms with van der Waals surface area (Å²) in [6.45, 7) is 4.87. The Labute approximate surface area is 133 Å². The molecule has 0 amide bonds. The number of carbonyl (C=O) groups is 1. The van der Waals surface area contributed by atoms with Gasteiger partial charge < -0.3 is 4.90 Å². The van der Waals surface area contributed by atoms with E-state index in [4.69, 9.17) is 0 Å². The number of Topliss-reactive ketones (excluding diaryl/α,β-unsaturated/α-hetero) is 1. The Hall–Kier alpha value is -1.49. The largest absolute Gasteiger partial charge is 0.327 e. The molecule has 0 spiro atoms. The van der Waals surface area contributed by atoms with E-state index in [1.165, 1.54) is 4.90 Å². The number of quaternary nitrogens is 1. The molecule has 2 aromatic rings. The molecule has 1 saturated heterocycles. The molecule has 1 aliphatic rings. The third kappa shape index (κ3) is 3.40. The van der Waals surface area contributed by atoms with Crippen LogP contribution in [0.2, 0.25) is 0 Å². The highest BCUT2D eigenvalue weighted by atomic mass is 32.1. The molecule has 1 aliphatic heterocycles. The molecule has 1 fully saturated rings. The van der Waals surface area contributed by atoms with Gasteiger partial charge in [-0.2, -0.15) is 0 Å². The number of nitrogens with one attached hydrogen (secondary N) is 1. The molecule has 0 aromatic carbocycles. The zero-order chi connectivity index (χ0) is 14.7. The summed E-state index contributed by atoms with van der Waals surface area (Å²) >= 11 is 3.36. The quantitative estimate of drug-likeness (QED) is 0.864. The highest BCUT2D eigenvalue weighted by molar-refractivity contribution is 7.11. The van der Waals surface area contributed by atoms with Crippen molar-refractivity contribution >= 4 is 40.6 Å². The normalized spacial score (nSPS) is 23.1. The van der Waals surface area contributed by atoms with Gasteiger partial charge in [-0.1, -0.05) is 12.1 Å². The lowest BCUT2D eigenvalue weighted by atomic mass is 9.96. The van der Waals surface area contributed by atoms with Crippen molar-refractivity contribution in [1.82, 2.24) is 0 Å². The van der Waals surface area contributed by atoms with Gasteiger partial charge in [-0.3, -0.25) is 4.79 Å². The van der Waals surface area contributed by atoms with Gasteiger partial charge in [0.2, 0.25) is 0 Å². The summed E-state index contributed by atoms with van der Waals surface area (Å²) in [6.07, 6.45) is 4.12. The Kier molecular flexibility index (Phi) is 4.48. The lowest BCUT2D eigenvalue weighted by Gasteiger charge is -2.25. The molecule has 0 atom stereocenters. The van der Waals surface area contributed by atoms with Crippen LogP contribution in [0.1, 0.15) is 16.7 Å². The van der Waals surface area contributed by atoms with Crippen LogP contribution >= 0.6 is 22.7 Å². The number of thiophene rings is 2. The number of hydrogen-bond acceptors (Lipinski definition) is 3. The van der Waals surface area contributed by atoms with Crippen molar-refractivity contribution < 1.29 is 9.69 Å². The van der Waals surface area contributed by atoms with Crippen LogP contribution in [-0.4, -0.2) is 25.4 Å². The third-order valence-corrected chi connectivity index (χ3v) is 5.32. The van der Waals surface area contributed by atoms with Crippen LogP contribution in [0.3, 0.4) is 0 Å². The summed E-state index contributed by atoms with van der Waals surface area (Å²) in [7, 11) is 0. The van der Waals surface area contributed by atoms with E-state index in [2.05, 4.69) is 31.2 Å². The standard InChI is InChI=1S/C17H17NOS2/c1-2-18-11-13(9-15-5-3-7-20-15)17(19)14(12-18)10-16-6-4-8-21-16/h3-10H,2,11-12H2,1H3/p+1/b13-9-,14-10-. The number of ketones is 1. The molecule has 21 heavy (non-hydrogen) atoms. The van der Waals surface area contributed by atoms with Crippen LogP contribution in [-0.2, 0) is 4.79 Å². The first-order chi connectivity index (χ1) is 10.3. The van der Waals surface area contributed by atoms with E-state index in [9.17, 15) is 4.79 Å². The maximum atomic E-state index is 12.7. The van der Waals surface area contributed by atoms with Gasteiger partial charge in [-0.05, 0) is 42.0 Å². The van der Waals surface area contributed by atoms with Crippen molar-refractivity contribution in [2.45, 2.75) is 6.92 Å². The second-order valence-electron chi connectivity index (χ2n) is 5.16. The summed E-state index contributed by atoms with van der Waals surface area (Å²) < 4.78 is 0. The Morgan fingerprint density at radius 1 is 1.05 bits per heavy atom. The first-order valence-electron chi connectivity index (χ1n) is 7.12. The molecule has 0 saturated carbocycles. The predicted octanol–water partition coefficient (Wildman–Crippen LogP) is 2.76. The van der Waals surface area contributed by atoms with E-state index < -0.39 is 0 Å². The smallest absolute Gasteiger partial charge is 0.196 e. The van der Waals surface area contributed by atoms with Gasteiger partial charge in [0, 0.05) is 9.75 Å². The number of piperidine rings is 1. The molecule has 4 heteroatoms. The fourth-order valence-electron chi connectivity index (χ4n) is 2.54. The van der Waals surface area contributed by atoms with E-state index in [0.717, 1.165) is 40.5 Å². The van der Waals surface area contributed by atoms with Gasteiger partial charge in [-0.25, -0.2) is 0 Å². The third-order valence-electron chi connectivity index (χ3n) is 3.68. The molecule has 0 aliphatic carbocycles. The minimum Gasteiger partial charge on any atom is -0.327 e. The van der Waals surface area contributed by atoms with Crippen LogP contribution < -0.4 is 4.90 Å². The number of likely N-dealkylation sites (tertiary alicyclic amines) is 1. The van der Waals surface area contributed by atoms with Gasteiger partial charge in [0.15, 0.2) is 5.78 Å². The highest BCUT2D eigenvalue weighted by Crippen LogP contribution is 2.20. The van der Waals surface area contributed by atoms with Gasteiger partial charge in [0.05, 0.1) is 17.7 Å². The summed E-state index contributed by atoms with van der Waals surface area (Å²) in [6, 6.07) is 8.18. The average Bonchev–Trinajstić information content (AvgIpc) is 3.16. The summed E-state index contributed by atoms with van der Waals surface area (Å²) in [5.74, 6) is 0.217. The molecule has 0 radical (unpaired) electrons. The monoisotopic (exact) mass is 316 g/mol. The van der Waals surface area contributed by atoms with Crippen LogP contribution in [0, 0.1) is 0 Å². The molecule has 1 N–H and O–H groups in total. The van der Waals surface area contributed by atoms with Crippen LogP contribution in [0.15, 0.2) is 46.2 Å². The number of hydrogen-bond donors (Lipinski definition) is 1. The zero-order valence-electron chi connectivity index (χ0n) is 12.0. The highest BCUT2D eigenvalue weighted by Gasteiger charge is 2.28. The van der Waals surface area contributed by atoms with Crippen LogP contribution in [0.25, 0.3) is 12.2 Å². The number of rotatable bonds is 3. The molecule has 0 unspecified atom stereocenters. The molecule has 0 bridgehead atoms. The van der Waals surface area contributed by atoms with E-state index in [1.807, 2.05) is 22.9 Å². The van der Waals surface area contributed by atoms with E-state index >= 15 is 0 Å². The lowest BCUT2D eigenvalue weighted by molar-refractivity contribution is -0.889. The minimum absolute atomic E-state index is 0.217. The van der Waals surface area contributed by atoms with Crippen LogP contribution in [0.5, 0.6) is 0 Å². The SMILES string of the molecule is CC[NH+]1C/C(=C/c2cccs2)C(=O)/C(=C\c2cccs2)C1. The zero-order valence-corrected chi connectivity index (χ0v) is 13.6. The van der Waals surface area contributed by atoms with Gasteiger partial charge in [0.1, 0.15) is 13.1 Å². The molecule has 2 aromatic heterocycles. The van der Waals surface area contributed by atoms with Gasteiger partial charge in [-0.15, -0.1) is 22.7 Å². The Balaban J connectivity index is 1.93. The second-order valence-corrected chi connectivity index (χ2v) is 7.11. The van der Waals surface area contributed by atoms with Gasteiger partial charge in [0.25, 0.3) is 0 Å². The summed E-state index contributed by atoms with van der Waals surface area (Å²) in [4.78, 5) is 16.5. The Morgan fingerprint density at radius 3 is 1.95 bits per heavy atom. The maximum absolute atomic E-state index is 12.7. The fraction of sp³-hybridized carbons (Fsp3) is 0.235. The average molecular weight is 316 g/mol. The Bertz CT molecular complexity index is 609. The van der Waals surface area contributed by atoms with E-state index in [0.29, 0.717) is 0 Å². The maximum Gasteiger partial charge on any atom is 0.196 e. The van der Waals surface area contributed by atoms with Crippen LogP contribution in [0.4, 0.5) is 0 Å². The van der Waals surface area contributed by atoms with Crippen molar-refractivity contribution in [2.75, 3.05) is 19.6 Å². The molecule has 3 heterocycles. The Morgan fingerprint density at radius 2 is 1.57 bits per heavy atom. The molecule has 2 nitrogen and oxygen atoms in total. The minimum atomic E-state index is 0.217. The van der Waals surface area contributed by atoms with Crippen molar-refractivity contribution in [3.63, 3.8) is 0 Å². The molecule has 108 valence electrons. The summed E-state index contributed by atoms with van der Waals surface area (Å²) in [5, 5.41) is 4.10. The van der Waals surface area contributed by atoms with Crippen molar-refractivity contribution in [3.8, 4) is 0 Å². The molecular weight excluding hydrogens is 298 g/mol. The van der Waals surface area contributed by atoms with Crippen molar-refractivity contribution in [3.05, 3.63) is 55.9 Å². The van der Waals surface area contributed by atoms with E-state index in [-0.39, 0.29) is 5.78 Å². The number of carbonyl (C=O) groups excluding carboxylic acids is 1. The summed E-state index contributed by atoms with van der Waals surface area (Å²) in [5.41, 5.74) is 1.87. The number of likely N-dealkylation sites (N-methyl/N-ethyl adjacent to an activating group) is 1. The van der Waals surface area contributed by atoms with Gasteiger partial charge >= 0.3 is 0 Å². The second kappa shape index (κ2) is 6.52. The lowest BCUT2D eigenvalue weighted by Crippen LogP contribution is -3.13. The predicted molar refractivity (Wildman–Crippen MR) is 90.8 cm³/mol. The topological polar surface area (TPSA) is 21.5 Å².